The molecule has 0 aliphatic rings. The van der Waals surface area contributed by atoms with Crippen LogP contribution >= 0.6 is 11.3 Å². The Labute approximate surface area is 108 Å². The van der Waals surface area contributed by atoms with Gasteiger partial charge in [0.15, 0.2) is 0 Å². The lowest BCUT2D eigenvalue weighted by molar-refractivity contribution is 0.628. The molecule has 1 aromatic carbocycles. The summed E-state index contributed by atoms with van der Waals surface area (Å²) in [6, 6.07) is 10.6. The van der Waals surface area contributed by atoms with Crippen molar-refractivity contribution >= 4 is 22.7 Å². The number of thiophene rings is 1. The third kappa shape index (κ3) is 2.28. The third-order valence-corrected chi connectivity index (χ3v) is 3.57. The molecule has 0 fully saturated rings. The second kappa shape index (κ2) is 4.66. The van der Waals surface area contributed by atoms with E-state index in [1.165, 1.54) is 6.07 Å². The Bertz CT molecular complexity index is 643. The van der Waals surface area contributed by atoms with Crippen LogP contribution in [-0.2, 0) is 0 Å². The number of H-pyrrole nitrogens is 1. The molecule has 3 aromatic rings. The first kappa shape index (κ1) is 11.0. The molecular weight excluding hydrogens is 247 g/mol. The SMILES string of the molecule is Fc1cccc(-c2cc(Nc3cc[nH]c3)cs2)c1. The number of hydrogen-bond donors (Lipinski definition) is 2. The van der Waals surface area contributed by atoms with Crippen LogP contribution in [0.3, 0.4) is 0 Å². The Balaban J connectivity index is 1.85. The van der Waals surface area contributed by atoms with E-state index in [1.807, 2.05) is 36.0 Å². The van der Waals surface area contributed by atoms with E-state index in [9.17, 15) is 4.39 Å². The zero-order chi connectivity index (χ0) is 12.4. The van der Waals surface area contributed by atoms with Crippen LogP contribution in [0, 0.1) is 5.82 Å². The molecule has 0 aliphatic carbocycles. The van der Waals surface area contributed by atoms with Crippen molar-refractivity contribution in [2.45, 2.75) is 0 Å². The summed E-state index contributed by atoms with van der Waals surface area (Å²) in [5.41, 5.74) is 2.93. The maximum atomic E-state index is 13.1. The molecule has 0 amide bonds. The third-order valence-electron chi connectivity index (χ3n) is 2.60. The predicted octanol–water partition coefficient (Wildman–Crippen LogP) is 4.63. The van der Waals surface area contributed by atoms with Crippen LogP contribution in [-0.4, -0.2) is 4.98 Å². The Morgan fingerprint density at radius 2 is 2.06 bits per heavy atom. The highest BCUT2D eigenvalue weighted by Crippen LogP contribution is 2.31. The number of nitrogens with one attached hydrogen (secondary N) is 2. The lowest BCUT2D eigenvalue weighted by atomic mass is 10.2. The molecule has 2 aromatic heterocycles. The molecule has 90 valence electrons. The summed E-state index contributed by atoms with van der Waals surface area (Å²) in [5, 5.41) is 5.30. The first-order chi connectivity index (χ1) is 8.81. The maximum absolute atomic E-state index is 13.1. The molecule has 0 spiro atoms. The highest BCUT2D eigenvalue weighted by molar-refractivity contribution is 7.14. The van der Waals surface area contributed by atoms with Crippen molar-refractivity contribution in [1.29, 1.82) is 0 Å². The molecule has 2 N–H and O–H groups in total. The van der Waals surface area contributed by atoms with E-state index in [4.69, 9.17) is 0 Å². The van der Waals surface area contributed by atoms with Crippen LogP contribution in [0.1, 0.15) is 0 Å². The summed E-state index contributed by atoms with van der Waals surface area (Å²) < 4.78 is 13.1. The summed E-state index contributed by atoms with van der Waals surface area (Å²) >= 11 is 1.59. The standard InChI is InChI=1S/C14H11FN2S/c15-11-3-1-2-10(6-11)14-7-13(9-18-14)17-12-4-5-16-8-12/h1-9,16-17H. The van der Waals surface area contributed by atoms with Crippen molar-refractivity contribution in [2.75, 3.05) is 5.32 Å². The first-order valence-corrected chi connectivity index (χ1v) is 6.43. The average molecular weight is 258 g/mol. The van der Waals surface area contributed by atoms with E-state index in [-0.39, 0.29) is 5.82 Å². The highest BCUT2D eigenvalue weighted by Gasteiger charge is 2.04. The molecule has 18 heavy (non-hydrogen) atoms. The van der Waals surface area contributed by atoms with Gasteiger partial charge in [0.2, 0.25) is 0 Å². The van der Waals surface area contributed by atoms with Gasteiger partial charge in [-0.05, 0) is 29.8 Å². The monoisotopic (exact) mass is 258 g/mol. The molecule has 0 aliphatic heterocycles. The van der Waals surface area contributed by atoms with Gasteiger partial charge in [-0.15, -0.1) is 11.3 Å². The quantitative estimate of drug-likeness (QED) is 0.704. The lowest BCUT2D eigenvalue weighted by Gasteiger charge is -1.99. The Morgan fingerprint density at radius 3 is 2.83 bits per heavy atom. The highest BCUT2D eigenvalue weighted by atomic mass is 32.1. The second-order valence-corrected chi connectivity index (χ2v) is 4.85. The number of anilines is 2. The van der Waals surface area contributed by atoms with E-state index in [2.05, 4.69) is 10.3 Å². The zero-order valence-electron chi connectivity index (χ0n) is 9.48. The summed E-state index contributed by atoms with van der Waals surface area (Å²) in [5.74, 6) is -0.207. The van der Waals surface area contributed by atoms with E-state index < -0.39 is 0 Å². The number of aromatic nitrogens is 1. The van der Waals surface area contributed by atoms with Crippen LogP contribution in [0.2, 0.25) is 0 Å². The molecule has 4 heteroatoms. The maximum Gasteiger partial charge on any atom is 0.123 e. The van der Waals surface area contributed by atoms with Gasteiger partial charge < -0.3 is 10.3 Å². The largest absolute Gasteiger partial charge is 0.366 e. The Hall–Kier alpha value is -2.07. The van der Waals surface area contributed by atoms with Gasteiger partial charge in [0, 0.05) is 28.3 Å². The zero-order valence-corrected chi connectivity index (χ0v) is 10.3. The molecular formula is C14H11FN2S. The lowest BCUT2D eigenvalue weighted by Crippen LogP contribution is -1.84. The van der Waals surface area contributed by atoms with Gasteiger partial charge in [0.05, 0.1) is 5.69 Å². The number of hydrogen-bond acceptors (Lipinski definition) is 2. The van der Waals surface area contributed by atoms with Crippen molar-refractivity contribution in [3.8, 4) is 10.4 Å². The summed E-state index contributed by atoms with van der Waals surface area (Å²) in [4.78, 5) is 4.04. The molecule has 0 unspecified atom stereocenters. The normalized spacial score (nSPS) is 10.5. The van der Waals surface area contributed by atoms with Crippen LogP contribution in [0.25, 0.3) is 10.4 Å². The van der Waals surface area contributed by atoms with Gasteiger partial charge in [-0.3, -0.25) is 0 Å². The topological polar surface area (TPSA) is 27.8 Å². The van der Waals surface area contributed by atoms with E-state index in [0.29, 0.717) is 0 Å². The molecule has 2 heterocycles. The fourth-order valence-corrected chi connectivity index (χ4v) is 2.60. The van der Waals surface area contributed by atoms with Crippen LogP contribution in [0.5, 0.6) is 0 Å². The van der Waals surface area contributed by atoms with Crippen molar-refractivity contribution < 1.29 is 4.39 Å². The minimum Gasteiger partial charge on any atom is -0.366 e. The van der Waals surface area contributed by atoms with Gasteiger partial charge in [-0.2, -0.15) is 0 Å². The summed E-state index contributed by atoms with van der Waals surface area (Å²) in [6.07, 6.45) is 3.75. The van der Waals surface area contributed by atoms with Gasteiger partial charge >= 0.3 is 0 Å². The first-order valence-electron chi connectivity index (χ1n) is 5.55. The van der Waals surface area contributed by atoms with Gasteiger partial charge in [-0.25, -0.2) is 4.39 Å². The van der Waals surface area contributed by atoms with Crippen molar-refractivity contribution in [1.82, 2.24) is 4.98 Å². The minimum atomic E-state index is -0.207. The van der Waals surface area contributed by atoms with Gasteiger partial charge in [0.25, 0.3) is 0 Å². The molecule has 0 atom stereocenters. The summed E-state index contributed by atoms with van der Waals surface area (Å²) in [6.45, 7) is 0. The molecule has 0 saturated heterocycles. The van der Waals surface area contributed by atoms with Gasteiger partial charge in [-0.1, -0.05) is 12.1 Å². The van der Waals surface area contributed by atoms with E-state index in [0.717, 1.165) is 21.8 Å². The van der Waals surface area contributed by atoms with Gasteiger partial charge in [0.1, 0.15) is 5.82 Å². The van der Waals surface area contributed by atoms with Crippen molar-refractivity contribution in [3.05, 3.63) is 60.0 Å². The van der Waals surface area contributed by atoms with Crippen LogP contribution < -0.4 is 5.32 Å². The van der Waals surface area contributed by atoms with E-state index in [1.54, 1.807) is 23.5 Å². The molecule has 0 radical (unpaired) electrons. The Morgan fingerprint density at radius 1 is 1.11 bits per heavy atom. The number of benzene rings is 1. The fourth-order valence-electron chi connectivity index (χ4n) is 1.76. The van der Waals surface area contributed by atoms with Crippen LogP contribution in [0.4, 0.5) is 15.8 Å². The van der Waals surface area contributed by atoms with Crippen LogP contribution in [0.15, 0.2) is 54.2 Å². The van der Waals surface area contributed by atoms with Crippen molar-refractivity contribution in [3.63, 3.8) is 0 Å². The molecule has 2 nitrogen and oxygen atoms in total. The molecule has 3 rings (SSSR count). The smallest absolute Gasteiger partial charge is 0.123 e. The predicted molar refractivity (Wildman–Crippen MR) is 73.8 cm³/mol. The minimum absolute atomic E-state index is 0.207. The molecule has 0 saturated carbocycles. The fraction of sp³-hybridized carbons (Fsp3) is 0. The number of aromatic amines is 1. The summed E-state index contributed by atoms with van der Waals surface area (Å²) in [7, 11) is 0. The second-order valence-electron chi connectivity index (χ2n) is 3.93. The molecule has 0 bridgehead atoms. The van der Waals surface area contributed by atoms with E-state index >= 15 is 0 Å². The van der Waals surface area contributed by atoms with Crippen molar-refractivity contribution in [2.24, 2.45) is 0 Å². The number of halogens is 1. The number of rotatable bonds is 3. The Kier molecular flexibility index (Phi) is 2.86. The average Bonchev–Trinajstić information content (AvgIpc) is 3.01.